The van der Waals surface area contributed by atoms with Gasteiger partial charge in [0.05, 0.1) is 24.3 Å². The van der Waals surface area contributed by atoms with Crippen LogP contribution < -0.4 is 10.1 Å². The van der Waals surface area contributed by atoms with E-state index < -0.39 is 11.9 Å². The van der Waals surface area contributed by atoms with Crippen LogP contribution in [0.2, 0.25) is 10.0 Å². The molecule has 30 heavy (non-hydrogen) atoms. The van der Waals surface area contributed by atoms with Crippen LogP contribution in [0.4, 0.5) is 5.00 Å². The number of carbonyl (C=O) groups excluding carboxylic acids is 2. The number of ether oxygens (including phenoxy) is 2. The summed E-state index contributed by atoms with van der Waals surface area (Å²) in [5, 5.41) is 5.58. The van der Waals surface area contributed by atoms with E-state index in [1.54, 1.807) is 11.4 Å². The second-order valence-corrected chi connectivity index (χ2v) is 8.02. The molecular weight excluding hydrogens is 445 g/mol. The zero-order valence-electron chi connectivity index (χ0n) is 16.3. The fraction of sp³-hybridized carbons (Fsp3) is 0.182. The number of nitrogens with one attached hydrogen (secondary N) is 1. The van der Waals surface area contributed by atoms with Crippen LogP contribution in [0.25, 0.3) is 11.1 Å². The number of carbonyl (C=O) groups is 2. The molecule has 0 aliphatic heterocycles. The van der Waals surface area contributed by atoms with Crippen LogP contribution in [0.3, 0.4) is 0 Å². The van der Waals surface area contributed by atoms with E-state index >= 15 is 0 Å². The summed E-state index contributed by atoms with van der Waals surface area (Å²) in [6.07, 6.45) is 0.916. The molecular formula is C22H19Cl2NO4S. The Hall–Kier alpha value is -2.54. The molecule has 1 heterocycles. The number of halogens is 2. The van der Waals surface area contributed by atoms with Crippen LogP contribution >= 0.6 is 34.5 Å². The number of hydrogen-bond donors (Lipinski definition) is 1. The third-order valence-electron chi connectivity index (χ3n) is 4.22. The van der Waals surface area contributed by atoms with Crippen molar-refractivity contribution >= 4 is 51.4 Å². The molecule has 0 radical (unpaired) electrons. The number of methoxy groups -OCH3 is 1. The number of thiophene rings is 1. The van der Waals surface area contributed by atoms with Gasteiger partial charge in [0, 0.05) is 16.0 Å². The number of anilines is 1. The first-order valence-electron chi connectivity index (χ1n) is 9.14. The average Bonchev–Trinajstić information content (AvgIpc) is 3.15. The predicted molar refractivity (Wildman–Crippen MR) is 121 cm³/mol. The molecule has 2 aromatic carbocycles. The second-order valence-electron chi connectivity index (χ2n) is 6.30. The lowest BCUT2D eigenvalue weighted by Crippen LogP contribution is -2.14. The quantitative estimate of drug-likeness (QED) is 0.403. The van der Waals surface area contributed by atoms with Gasteiger partial charge in [-0.2, -0.15) is 0 Å². The Labute approximate surface area is 188 Å². The molecule has 5 nitrogen and oxygen atoms in total. The van der Waals surface area contributed by atoms with E-state index in [-0.39, 0.29) is 16.1 Å². The van der Waals surface area contributed by atoms with Gasteiger partial charge in [-0.05, 0) is 42.3 Å². The lowest BCUT2D eigenvalue weighted by Gasteiger charge is -2.09. The van der Waals surface area contributed by atoms with Crippen molar-refractivity contribution in [2.24, 2.45) is 0 Å². The van der Waals surface area contributed by atoms with Gasteiger partial charge in [0.1, 0.15) is 16.3 Å². The fourth-order valence-electron chi connectivity index (χ4n) is 2.76. The van der Waals surface area contributed by atoms with Gasteiger partial charge >= 0.3 is 5.97 Å². The van der Waals surface area contributed by atoms with Gasteiger partial charge in [0.2, 0.25) is 0 Å². The minimum Gasteiger partial charge on any atom is -0.494 e. The minimum atomic E-state index is -0.546. The molecule has 0 saturated heterocycles. The first-order valence-corrected chi connectivity index (χ1v) is 10.8. The van der Waals surface area contributed by atoms with Gasteiger partial charge in [0.25, 0.3) is 5.91 Å². The Kier molecular flexibility index (Phi) is 7.37. The zero-order chi connectivity index (χ0) is 21.7. The third kappa shape index (κ3) is 4.95. The van der Waals surface area contributed by atoms with E-state index in [0.29, 0.717) is 22.2 Å². The molecule has 0 atom stereocenters. The molecule has 3 rings (SSSR count). The Bertz CT molecular complexity index is 1060. The number of hydrogen-bond acceptors (Lipinski definition) is 5. The highest BCUT2D eigenvalue weighted by atomic mass is 35.5. The molecule has 0 saturated carbocycles. The van der Waals surface area contributed by atoms with Gasteiger partial charge in [-0.25, -0.2) is 4.79 Å². The Morgan fingerprint density at radius 1 is 1.10 bits per heavy atom. The van der Waals surface area contributed by atoms with Crippen LogP contribution in [-0.4, -0.2) is 25.6 Å². The largest absolute Gasteiger partial charge is 0.494 e. The number of rotatable bonds is 7. The van der Waals surface area contributed by atoms with Crippen LogP contribution in [0.15, 0.2) is 47.8 Å². The van der Waals surface area contributed by atoms with E-state index in [1.165, 1.54) is 30.6 Å². The molecule has 0 aliphatic rings. The molecule has 0 fully saturated rings. The highest BCUT2D eigenvalue weighted by Gasteiger charge is 2.23. The normalized spacial score (nSPS) is 10.5. The van der Waals surface area contributed by atoms with Crippen molar-refractivity contribution in [3.05, 3.63) is 69.0 Å². The lowest BCUT2D eigenvalue weighted by atomic mass is 10.0. The summed E-state index contributed by atoms with van der Waals surface area (Å²) in [7, 11) is 1.30. The predicted octanol–water partition coefficient (Wildman–Crippen LogP) is 6.55. The van der Waals surface area contributed by atoms with E-state index in [0.717, 1.165) is 17.7 Å². The fourth-order valence-corrected chi connectivity index (χ4v) is 4.21. The molecule has 0 bridgehead atoms. The van der Waals surface area contributed by atoms with Crippen molar-refractivity contribution in [3.8, 4) is 16.9 Å². The summed E-state index contributed by atoms with van der Waals surface area (Å²) in [6, 6.07) is 12.0. The maximum absolute atomic E-state index is 12.7. The summed E-state index contributed by atoms with van der Waals surface area (Å²) < 4.78 is 10.6. The van der Waals surface area contributed by atoms with Gasteiger partial charge in [-0.1, -0.05) is 42.3 Å². The number of esters is 1. The zero-order valence-corrected chi connectivity index (χ0v) is 18.7. The van der Waals surface area contributed by atoms with Crippen molar-refractivity contribution in [1.29, 1.82) is 0 Å². The van der Waals surface area contributed by atoms with Crippen LogP contribution in [0.1, 0.15) is 34.1 Å². The number of benzene rings is 2. The summed E-state index contributed by atoms with van der Waals surface area (Å²) in [5.74, 6) is -0.241. The van der Waals surface area contributed by atoms with Gasteiger partial charge in [-0.3, -0.25) is 4.79 Å². The van der Waals surface area contributed by atoms with Gasteiger partial charge in [0.15, 0.2) is 0 Å². The maximum Gasteiger partial charge on any atom is 0.341 e. The molecule has 156 valence electrons. The summed E-state index contributed by atoms with van der Waals surface area (Å²) in [6.45, 7) is 2.67. The molecule has 8 heteroatoms. The standard InChI is InChI=1S/C22H19Cl2NO4S/c1-3-10-29-15-7-4-13(5-8-15)17-12-30-21(19(17)22(27)28-2)25-20(26)16-9-6-14(23)11-18(16)24/h4-9,11-12H,3,10H2,1-2H3,(H,25,26). The maximum atomic E-state index is 12.7. The smallest absolute Gasteiger partial charge is 0.341 e. The van der Waals surface area contributed by atoms with Crippen LogP contribution in [0, 0.1) is 0 Å². The minimum absolute atomic E-state index is 0.221. The average molecular weight is 464 g/mol. The topological polar surface area (TPSA) is 64.6 Å². The van der Waals surface area contributed by atoms with Crippen molar-refractivity contribution in [3.63, 3.8) is 0 Å². The molecule has 0 spiro atoms. The monoisotopic (exact) mass is 463 g/mol. The summed E-state index contributed by atoms with van der Waals surface area (Å²) in [4.78, 5) is 25.2. The van der Waals surface area contributed by atoms with E-state index in [1.807, 2.05) is 31.2 Å². The van der Waals surface area contributed by atoms with Gasteiger partial charge in [-0.15, -0.1) is 11.3 Å². The van der Waals surface area contributed by atoms with Crippen molar-refractivity contribution < 1.29 is 19.1 Å². The molecule has 3 aromatic rings. The SMILES string of the molecule is CCCOc1ccc(-c2csc(NC(=O)c3ccc(Cl)cc3Cl)c2C(=O)OC)cc1. The highest BCUT2D eigenvalue weighted by molar-refractivity contribution is 7.15. The van der Waals surface area contributed by atoms with E-state index in [4.69, 9.17) is 32.7 Å². The molecule has 1 aromatic heterocycles. The molecule has 1 N–H and O–H groups in total. The summed E-state index contributed by atoms with van der Waals surface area (Å²) in [5.41, 5.74) is 2.00. The molecule has 0 unspecified atom stereocenters. The lowest BCUT2D eigenvalue weighted by molar-refractivity contribution is 0.0603. The van der Waals surface area contributed by atoms with Crippen LogP contribution in [-0.2, 0) is 4.74 Å². The van der Waals surface area contributed by atoms with Gasteiger partial charge < -0.3 is 14.8 Å². The Balaban J connectivity index is 1.92. The summed E-state index contributed by atoms with van der Waals surface area (Å²) >= 11 is 13.3. The van der Waals surface area contributed by atoms with E-state index in [9.17, 15) is 9.59 Å². The van der Waals surface area contributed by atoms with E-state index in [2.05, 4.69) is 5.32 Å². The Morgan fingerprint density at radius 3 is 2.47 bits per heavy atom. The van der Waals surface area contributed by atoms with Crippen molar-refractivity contribution in [1.82, 2.24) is 0 Å². The third-order valence-corrected chi connectivity index (χ3v) is 5.66. The van der Waals surface area contributed by atoms with Crippen molar-refractivity contribution in [2.45, 2.75) is 13.3 Å². The highest BCUT2D eigenvalue weighted by Crippen LogP contribution is 2.37. The molecule has 0 aliphatic carbocycles. The Morgan fingerprint density at radius 2 is 1.83 bits per heavy atom. The van der Waals surface area contributed by atoms with Crippen LogP contribution in [0.5, 0.6) is 5.75 Å². The van der Waals surface area contributed by atoms with Crippen molar-refractivity contribution in [2.75, 3.05) is 19.0 Å². The first-order chi connectivity index (χ1) is 14.4. The second kappa shape index (κ2) is 9.98. The molecule has 1 amide bonds. The first kappa shape index (κ1) is 22.2. The number of amides is 1.